The third kappa shape index (κ3) is 17.6. The lowest BCUT2D eigenvalue weighted by Gasteiger charge is -2.43. The minimum atomic E-state index is -2.42. The molecule has 0 aromatic carbocycles. The quantitative estimate of drug-likeness (QED) is 0.0834. The Kier molecular flexibility index (Phi) is 25.4. The molecule has 1 amide bonds. The molecular weight excluding hydrogens is 907 g/mol. The van der Waals surface area contributed by atoms with Gasteiger partial charge in [0, 0.05) is 45.4 Å². The molecule has 3 N–H and O–H groups in total. The van der Waals surface area contributed by atoms with E-state index in [4.69, 9.17) is 28.4 Å². The number of rotatable bonds is 10. The van der Waals surface area contributed by atoms with E-state index in [2.05, 4.69) is 18.8 Å². The predicted molar refractivity (Wildman–Crippen MR) is 273 cm³/mol. The normalized spacial score (nSPS) is 37.8. The van der Waals surface area contributed by atoms with Gasteiger partial charge >= 0.3 is 5.97 Å². The lowest BCUT2D eigenvalue weighted by atomic mass is 9.78. The Bertz CT molecular complexity index is 1900. The third-order valence-electron chi connectivity index (χ3n) is 15.3. The Morgan fingerprint density at radius 2 is 1.61 bits per heavy atom. The zero-order chi connectivity index (χ0) is 52.3. The number of hydrogen-bond donors (Lipinski definition) is 3. The van der Waals surface area contributed by atoms with Gasteiger partial charge in [0.05, 0.1) is 37.6 Å². The summed E-state index contributed by atoms with van der Waals surface area (Å²) in [7, 11) is 3.11. The van der Waals surface area contributed by atoms with Gasteiger partial charge in [0.1, 0.15) is 31.0 Å². The first-order valence-electron chi connectivity index (χ1n) is 26.6. The van der Waals surface area contributed by atoms with Crippen LogP contribution in [0.25, 0.3) is 0 Å². The molecule has 1 aliphatic carbocycles. The standard InChI is InChI=1S/C57H89NO13/c1-11-12-18-30-68-49-36-45-25-23-43(8)57(65,71-45)54(62)55(63)58-28-17-16-21-46(58)56(64)70-47(40(5)34-44-24-27-48(69-31-29-59)50(35-44)66-9)26-22-38(3)33-42(7)52(61)53(67-10)51(60)41(6)32-37(2)19-14-13-15-20-39(49)4/h13-15,19-20,33,37-38,40-41,43-50,52-53,59,61,65H,11,16-17,21-32,34-36H2,1-10H3/b15-13+,19-14+,39-20+,42-33+/t37-,38+,40-,41-,43-,44+,45?,46?,47?,48-,49+,50-,52-,53+,57-/m1/s1. The van der Waals surface area contributed by atoms with Crippen molar-refractivity contribution in [3.8, 4) is 11.8 Å². The Balaban J connectivity index is 1.69. The number of ketones is 2. The van der Waals surface area contributed by atoms with Crippen molar-refractivity contribution in [3.05, 3.63) is 47.6 Å². The summed E-state index contributed by atoms with van der Waals surface area (Å²) in [6.45, 7) is 15.9. The smallest absolute Gasteiger partial charge is 0.329 e. The summed E-state index contributed by atoms with van der Waals surface area (Å²) in [5.74, 6) is -0.170. The van der Waals surface area contributed by atoms with Crippen LogP contribution in [0.15, 0.2) is 47.6 Å². The van der Waals surface area contributed by atoms with E-state index in [-0.39, 0.29) is 73.9 Å². The number of aliphatic hydroxyl groups excluding tert-OH is 2. The van der Waals surface area contributed by atoms with Gasteiger partial charge in [-0.1, -0.05) is 83.9 Å². The number of fused-ring (bicyclic) bond motifs is 3. The van der Waals surface area contributed by atoms with E-state index in [1.165, 1.54) is 12.0 Å². The van der Waals surface area contributed by atoms with Gasteiger partial charge in [-0.3, -0.25) is 14.4 Å². The molecule has 3 unspecified atom stereocenters. The summed E-state index contributed by atoms with van der Waals surface area (Å²) in [6.07, 6.45) is 15.7. The largest absolute Gasteiger partial charge is 0.461 e. The van der Waals surface area contributed by atoms with Crippen LogP contribution < -0.4 is 0 Å². The minimum absolute atomic E-state index is 0.0472. The first-order chi connectivity index (χ1) is 33.9. The van der Waals surface area contributed by atoms with Gasteiger partial charge < -0.3 is 48.6 Å². The number of nitrogens with zero attached hydrogens (tertiary/aromatic N) is 1. The number of hydrogen-bond acceptors (Lipinski definition) is 13. The van der Waals surface area contributed by atoms with Crippen LogP contribution in [-0.4, -0.2) is 139 Å². The van der Waals surface area contributed by atoms with Gasteiger partial charge in [-0.2, -0.15) is 0 Å². The van der Waals surface area contributed by atoms with Crippen molar-refractivity contribution in [3.63, 3.8) is 0 Å². The van der Waals surface area contributed by atoms with Crippen LogP contribution in [0, 0.1) is 47.3 Å². The maximum absolute atomic E-state index is 14.5. The number of ether oxygens (including phenoxy) is 6. The van der Waals surface area contributed by atoms with Crippen LogP contribution in [0.3, 0.4) is 0 Å². The van der Waals surface area contributed by atoms with E-state index >= 15 is 0 Å². The van der Waals surface area contributed by atoms with E-state index in [1.807, 2.05) is 71.1 Å². The third-order valence-corrected chi connectivity index (χ3v) is 15.3. The van der Waals surface area contributed by atoms with Crippen molar-refractivity contribution < 1.29 is 62.9 Å². The summed E-state index contributed by atoms with van der Waals surface area (Å²) >= 11 is 0. The number of cyclic esters (lactones) is 1. The minimum Gasteiger partial charge on any atom is -0.461 e. The summed E-state index contributed by atoms with van der Waals surface area (Å²) in [6, 6.07) is -1.04. The number of esters is 1. The van der Waals surface area contributed by atoms with Crippen LogP contribution in [0.1, 0.15) is 145 Å². The van der Waals surface area contributed by atoms with Crippen LogP contribution in [0.5, 0.6) is 0 Å². The Labute approximate surface area is 425 Å². The maximum Gasteiger partial charge on any atom is 0.329 e. The molecule has 14 nitrogen and oxygen atoms in total. The zero-order valence-electron chi connectivity index (χ0n) is 44.6. The van der Waals surface area contributed by atoms with Crippen LogP contribution in [0.2, 0.25) is 0 Å². The molecule has 71 heavy (non-hydrogen) atoms. The fraction of sp³-hybridized carbons (Fsp3) is 0.754. The van der Waals surface area contributed by atoms with Gasteiger partial charge in [-0.15, -0.1) is 5.92 Å². The van der Waals surface area contributed by atoms with Crippen LogP contribution >= 0.6 is 0 Å². The van der Waals surface area contributed by atoms with E-state index in [0.717, 1.165) is 31.3 Å². The number of allylic oxidation sites excluding steroid dienone is 6. The Morgan fingerprint density at radius 3 is 2.31 bits per heavy atom. The lowest BCUT2D eigenvalue weighted by molar-refractivity contribution is -0.265. The molecule has 2 saturated heterocycles. The summed E-state index contributed by atoms with van der Waals surface area (Å²) in [4.78, 5) is 58.5. The average molecular weight is 996 g/mol. The number of Topliss-reactive ketones (excluding diaryl/α,β-unsaturated/α-hetero) is 2. The number of aliphatic hydroxyl groups is 3. The summed E-state index contributed by atoms with van der Waals surface area (Å²) in [5, 5.41) is 33.1. The van der Waals surface area contributed by atoms with Crippen molar-refractivity contribution in [2.24, 2.45) is 35.5 Å². The molecule has 3 heterocycles. The second-order valence-corrected chi connectivity index (χ2v) is 21.0. The van der Waals surface area contributed by atoms with E-state index in [1.54, 1.807) is 21.0 Å². The highest BCUT2D eigenvalue weighted by molar-refractivity contribution is 6.39. The van der Waals surface area contributed by atoms with E-state index in [0.29, 0.717) is 69.8 Å². The van der Waals surface area contributed by atoms with E-state index in [9.17, 15) is 34.5 Å². The van der Waals surface area contributed by atoms with Gasteiger partial charge in [0.15, 0.2) is 5.78 Å². The predicted octanol–water partition coefficient (Wildman–Crippen LogP) is 7.80. The van der Waals surface area contributed by atoms with Crippen molar-refractivity contribution >= 4 is 23.4 Å². The second-order valence-electron chi connectivity index (χ2n) is 21.0. The number of carbonyl (C=O) groups is 4. The van der Waals surface area contributed by atoms with Gasteiger partial charge in [-0.05, 0) is 126 Å². The highest BCUT2D eigenvalue weighted by Gasteiger charge is 2.53. The molecule has 14 heteroatoms. The molecule has 0 spiro atoms. The molecule has 0 aromatic rings. The first-order valence-corrected chi connectivity index (χ1v) is 26.6. The van der Waals surface area contributed by atoms with Gasteiger partial charge in [0.2, 0.25) is 5.79 Å². The Hall–Kier alpha value is -3.52. The molecule has 4 rings (SSSR count). The van der Waals surface area contributed by atoms with Crippen molar-refractivity contribution in [2.45, 2.75) is 200 Å². The number of amides is 1. The highest BCUT2D eigenvalue weighted by atomic mass is 16.6. The van der Waals surface area contributed by atoms with Crippen LogP contribution in [0.4, 0.5) is 0 Å². The van der Waals surface area contributed by atoms with Crippen LogP contribution in [-0.2, 0) is 47.6 Å². The molecule has 0 aromatic heterocycles. The molecule has 3 aliphatic heterocycles. The number of piperidine rings is 1. The molecule has 2 bridgehead atoms. The topological polar surface area (TPSA) is 188 Å². The summed E-state index contributed by atoms with van der Waals surface area (Å²) < 4.78 is 36.5. The molecule has 400 valence electrons. The van der Waals surface area contributed by atoms with Crippen molar-refractivity contribution in [1.29, 1.82) is 0 Å². The molecule has 1 saturated carbocycles. The highest BCUT2D eigenvalue weighted by Crippen LogP contribution is 2.38. The monoisotopic (exact) mass is 996 g/mol. The van der Waals surface area contributed by atoms with Gasteiger partial charge in [0.25, 0.3) is 11.7 Å². The molecule has 0 radical (unpaired) electrons. The van der Waals surface area contributed by atoms with Crippen molar-refractivity contribution in [1.82, 2.24) is 4.90 Å². The number of methoxy groups -OCH3 is 2. The molecular formula is C57H89NO13. The fourth-order valence-electron chi connectivity index (χ4n) is 10.9. The van der Waals surface area contributed by atoms with Crippen molar-refractivity contribution in [2.75, 3.05) is 40.6 Å². The average Bonchev–Trinajstić information content (AvgIpc) is 3.35. The first kappa shape index (κ1) is 60.0. The molecule has 4 aliphatic rings. The molecule has 15 atom stereocenters. The lowest BCUT2D eigenvalue weighted by Crippen LogP contribution is -2.61. The molecule has 3 fully saturated rings. The Morgan fingerprint density at radius 1 is 0.845 bits per heavy atom. The zero-order valence-corrected chi connectivity index (χ0v) is 44.6. The maximum atomic E-state index is 14.5. The fourth-order valence-corrected chi connectivity index (χ4v) is 10.9. The number of carbonyl (C=O) groups excluding carboxylic acids is 4. The van der Waals surface area contributed by atoms with Gasteiger partial charge in [-0.25, -0.2) is 4.79 Å². The second kappa shape index (κ2) is 30.0. The summed E-state index contributed by atoms with van der Waals surface area (Å²) in [5.41, 5.74) is 1.48. The SMILES string of the molecule is CCC#CCO[C@H]1CC2CC[C@@H](C)[C@@](O)(O2)C(=O)C(=O)N2CCCCC2C(=O)OC([C@H](C)C[C@@H]2CC[C@@H](OCCO)[C@H](OC)C2)CC[C@H](C)/C=C(\C)[C@@H](O)[C@@H](OC)C(=O)[C@H](C)C[C@H](C)/C=C/C=C/C=C/1C. The van der Waals surface area contributed by atoms with E-state index < -0.39 is 65.9 Å².